The fraction of sp³-hybridized carbons (Fsp3) is 0.435. The van der Waals surface area contributed by atoms with E-state index in [1.54, 1.807) is 23.2 Å². The molecule has 9 nitrogen and oxygen atoms in total. The van der Waals surface area contributed by atoms with E-state index < -0.39 is 15.6 Å². The van der Waals surface area contributed by atoms with Gasteiger partial charge in [0.25, 0.3) is 0 Å². The normalized spacial score (nSPS) is 17.3. The van der Waals surface area contributed by atoms with E-state index in [9.17, 15) is 13.2 Å². The van der Waals surface area contributed by atoms with Crippen LogP contribution >= 0.6 is 22.6 Å². The Bertz CT molecular complexity index is 1300. The number of hydrogen-bond acceptors (Lipinski definition) is 7. The molecule has 0 N–H and O–H groups in total. The zero-order valence-corrected chi connectivity index (χ0v) is 22.6. The predicted molar refractivity (Wildman–Crippen MR) is 139 cm³/mol. The second-order valence-electron chi connectivity index (χ2n) is 9.38. The molecular weight excluding hydrogens is 569 g/mol. The summed E-state index contributed by atoms with van der Waals surface area (Å²) in [6.45, 7) is 9.09. The first-order chi connectivity index (χ1) is 16.0. The van der Waals surface area contributed by atoms with Crippen LogP contribution in [0, 0.1) is 3.57 Å². The minimum atomic E-state index is -3.68. The van der Waals surface area contributed by atoms with Crippen LogP contribution < -0.4 is 4.90 Å². The average Bonchev–Trinajstić information content (AvgIpc) is 3.10. The molecule has 3 aromatic rings. The first kappa shape index (κ1) is 24.7. The van der Waals surface area contributed by atoms with Gasteiger partial charge in [-0.25, -0.2) is 27.2 Å². The number of amides is 1. The maximum Gasteiger partial charge on any atom is 0.410 e. The SMILES string of the molecule is C[C@@H]1CN(c2ncnc3c2c(I)cn3S(=O)(=O)Cc2ccccc2)CCN1C(=O)OC(C)(C)C. The van der Waals surface area contributed by atoms with Gasteiger partial charge < -0.3 is 14.5 Å². The number of anilines is 1. The lowest BCUT2D eigenvalue weighted by Crippen LogP contribution is -2.55. The molecular formula is C23H28IN5O4S. The van der Waals surface area contributed by atoms with Gasteiger partial charge in [-0.15, -0.1) is 0 Å². The average molecular weight is 597 g/mol. The van der Waals surface area contributed by atoms with E-state index in [4.69, 9.17) is 4.74 Å². The summed E-state index contributed by atoms with van der Waals surface area (Å²) in [5, 5.41) is 0.692. The van der Waals surface area contributed by atoms with Gasteiger partial charge in [-0.1, -0.05) is 30.3 Å². The van der Waals surface area contributed by atoms with E-state index in [0.717, 1.165) is 3.57 Å². The van der Waals surface area contributed by atoms with Gasteiger partial charge in [0, 0.05) is 35.4 Å². The fourth-order valence-electron chi connectivity index (χ4n) is 4.02. The minimum absolute atomic E-state index is 0.102. The lowest BCUT2D eigenvalue weighted by molar-refractivity contribution is 0.0158. The Morgan fingerprint density at radius 1 is 1.18 bits per heavy atom. The molecule has 0 saturated carbocycles. The van der Waals surface area contributed by atoms with E-state index in [1.807, 2.05) is 45.9 Å². The van der Waals surface area contributed by atoms with Crippen LogP contribution in [0.25, 0.3) is 11.0 Å². The summed E-state index contributed by atoms with van der Waals surface area (Å²) >= 11 is 2.13. The van der Waals surface area contributed by atoms with E-state index in [0.29, 0.717) is 42.0 Å². The van der Waals surface area contributed by atoms with E-state index >= 15 is 0 Å². The molecule has 1 aliphatic rings. The third-order valence-corrected chi connectivity index (χ3v) is 7.93. The summed E-state index contributed by atoms with van der Waals surface area (Å²) in [7, 11) is -3.68. The molecule has 1 fully saturated rings. The van der Waals surface area contributed by atoms with Crippen LogP contribution in [-0.4, -0.2) is 64.6 Å². The number of carbonyl (C=O) groups is 1. The Kier molecular flexibility index (Phi) is 6.78. The quantitative estimate of drug-likeness (QED) is 0.422. The second-order valence-corrected chi connectivity index (χ2v) is 12.4. The topological polar surface area (TPSA) is 97.6 Å². The van der Waals surface area contributed by atoms with Crippen LogP contribution in [0.4, 0.5) is 10.6 Å². The van der Waals surface area contributed by atoms with Crippen LogP contribution in [0.3, 0.4) is 0 Å². The molecule has 1 aromatic carbocycles. The Balaban J connectivity index is 1.62. The lowest BCUT2D eigenvalue weighted by Gasteiger charge is -2.40. The lowest BCUT2D eigenvalue weighted by atomic mass is 10.2. The van der Waals surface area contributed by atoms with Crippen molar-refractivity contribution in [1.29, 1.82) is 0 Å². The molecule has 1 atom stereocenters. The zero-order chi connectivity index (χ0) is 24.7. The van der Waals surface area contributed by atoms with Gasteiger partial charge in [-0.2, -0.15) is 0 Å². The van der Waals surface area contributed by atoms with E-state index in [-0.39, 0.29) is 17.9 Å². The summed E-state index contributed by atoms with van der Waals surface area (Å²) in [5.74, 6) is 0.539. The molecule has 1 amide bonds. The van der Waals surface area contributed by atoms with Crippen molar-refractivity contribution in [2.75, 3.05) is 24.5 Å². The number of fused-ring (bicyclic) bond motifs is 1. The molecule has 0 bridgehead atoms. The smallest absolute Gasteiger partial charge is 0.410 e. The van der Waals surface area contributed by atoms with Crippen molar-refractivity contribution < 1.29 is 17.9 Å². The molecule has 1 aliphatic heterocycles. The number of hydrogen-bond donors (Lipinski definition) is 0. The Morgan fingerprint density at radius 3 is 2.53 bits per heavy atom. The summed E-state index contributed by atoms with van der Waals surface area (Å²) in [6.07, 6.45) is 2.66. The third-order valence-electron chi connectivity index (χ3n) is 5.53. The molecule has 1 saturated heterocycles. The van der Waals surface area contributed by atoms with Crippen molar-refractivity contribution in [2.24, 2.45) is 0 Å². The molecule has 34 heavy (non-hydrogen) atoms. The number of rotatable bonds is 4. The first-order valence-corrected chi connectivity index (χ1v) is 13.7. The van der Waals surface area contributed by atoms with Gasteiger partial charge in [0.2, 0.25) is 10.0 Å². The number of benzene rings is 1. The van der Waals surface area contributed by atoms with Crippen LogP contribution in [-0.2, 0) is 20.5 Å². The van der Waals surface area contributed by atoms with Crippen molar-refractivity contribution >= 4 is 55.6 Å². The van der Waals surface area contributed by atoms with Crippen LogP contribution in [0.5, 0.6) is 0 Å². The largest absolute Gasteiger partial charge is 0.444 e. The number of aromatic nitrogens is 3. The number of piperazine rings is 1. The Hall–Kier alpha value is -2.41. The molecule has 0 aliphatic carbocycles. The van der Waals surface area contributed by atoms with E-state index in [2.05, 4.69) is 37.5 Å². The summed E-state index contributed by atoms with van der Waals surface area (Å²) < 4.78 is 34.0. The molecule has 182 valence electrons. The number of carbonyl (C=O) groups excluding carboxylic acids is 1. The number of ether oxygens (including phenoxy) is 1. The van der Waals surface area contributed by atoms with Crippen molar-refractivity contribution in [2.45, 2.75) is 45.1 Å². The summed E-state index contributed by atoms with van der Waals surface area (Å²) in [4.78, 5) is 25.2. The standard InChI is InChI=1S/C23H28IN5O4S/c1-16-12-27(10-11-28(16)22(30)33-23(2,3)4)20-19-18(24)13-29(21(19)26-15-25-20)34(31,32)14-17-8-6-5-7-9-17/h5-9,13,15-16H,10-12,14H2,1-4H3/t16-/m1/s1. The highest BCUT2D eigenvalue weighted by atomic mass is 127. The number of nitrogens with zero attached hydrogens (tertiary/aromatic N) is 5. The molecule has 4 rings (SSSR count). The van der Waals surface area contributed by atoms with E-state index in [1.165, 1.54) is 10.3 Å². The monoisotopic (exact) mass is 597 g/mol. The fourth-order valence-corrected chi connectivity index (χ4v) is 6.40. The van der Waals surface area contributed by atoms with Crippen molar-refractivity contribution in [3.8, 4) is 0 Å². The van der Waals surface area contributed by atoms with Gasteiger partial charge in [-0.3, -0.25) is 0 Å². The zero-order valence-electron chi connectivity index (χ0n) is 19.6. The van der Waals surface area contributed by atoms with Crippen molar-refractivity contribution in [3.05, 3.63) is 52.0 Å². The van der Waals surface area contributed by atoms with Crippen molar-refractivity contribution in [3.63, 3.8) is 0 Å². The highest BCUT2D eigenvalue weighted by Crippen LogP contribution is 2.32. The molecule has 11 heteroatoms. The molecule has 0 spiro atoms. The van der Waals surface area contributed by atoms with Gasteiger partial charge in [0.15, 0.2) is 5.65 Å². The van der Waals surface area contributed by atoms with Crippen LogP contribution in [0.1, 0.15) is 33.3 Å². The Morgan fingerprint density at radius 2 is 1.88 bits per heavy atom. The number of halogens is 1. The highest BCUT2D eigenvalue weighted by molar-refractivity contribution is 14.1. The maximum absolute atomic E-state index is 13.2. The second kappa shape index (κ2) is 9.33. The van der Waals surface area contributed by atoms with Gasteiger partial charge in [-0.05, 0) is 55.8 Å². The predicted octanol–water partition coefficient (Wildman–Crippen LogP) is 3.86. The summed E-state index contributed by atoms with van der Waals surface area (Å²) in [5.41, 5.74) is 0.505. The molecule has 3 heterocycles. The van der Waals surface area contributed by atoms with Crippen molar-refractivity contribution in [1.82, 2.24) is 18.8 Å². The van der Waals surface area contributed by atoms with Gasteiger partial charge >= 0.3 is 6.09 Å². The minimum Gasteiger partial charge on any atom is -0.444 e. The van der Waals surface area contributed by atoms with Gasteiger partial charge in [0.05, 0.1) is 11.1 Å². The molecule has 0 unspecified atom stereocenters. The molecule has 0 radical (unpaired) electrons. The summed E-state index contributed by atoms with van der Waals surface area (Å²) in [6, 6.07) is 8.98. The van der Waals surface area contributed by atoms with Gasteiger partial charge in [0.1, 0.15) is 17.7 Å². The molecule has 2 aromatic heterocycles. The highest BCUT2D eigenvalue weighted by Gasteiger charge is 2.33. The maximum atomic E-state index is 13.2. The van der Waals surface area contributed by atoms with Crippen LogP contribution in [0.15, 0.2) is 42.9 Å². The van der Waals surface area contributed by atoms with Crippen LogP contribution in [0.2, 0.25) is 0 Å². The Labute approximate surface area is 213 Å². The first-order valence-electron chi connectivity index (χ1n) is 11.0. The third kappa shape index (κ3) is 5.14.